The first-order valence-electron chi connectivity index (χ1n) is 8.08. The number of hydrogen-bond acceptors (Lipinski definition) is 3. The van der Waals surface area contributed by atoms with E-state index in [0.717, 1.165) is 5.56 Å². The van der Waals surface area contributed by atoms with Gasteiger partial charge in [0.2, 0.25) is 5.91 Å². The van der Waals surface area contributed by atoms with Gasteiger partial charge in [-0.05, 0) is 30.2 Å². The van der Waals surface area contributed by atoms with Gasteiger partial charge in [-0.3, -0.25) is 9.59 Å². The second-order valence-electron chi connectivity index (χ2n) is 5.68. The Balaban J connectivity index is 2.02. The Morgan fingerprint density at radius 3 is 2.46 bits per heavy atom. The van der Waals surface area contributed by atoms with Gasteiger partial charge in [0.1, 0.15) is 6.04 Å². The second kappa shape index (κ2) is 9.17. The first-order valence-corrected chi connectivity index (χ1v) is 8.08. The molecule has 2 rings (SSSR count). The van der Waals surface area contributed by atoms with Crippen molar-refractivity contribution in [1.29, 1.82) is 0 Å². The highest BCUT2D eigenvalue weighted by atomic mass is 16.4. The minimum Gasteiger partial charge on any atom is -0.480 e. The van der Waals surface area contributed by atoms with Crippen LogP contribution in [0.2, 0.25) is 0 Å². The van der Waals surface area contributed by atoms with E-state index in [-0.39, 0.29) is 17.9 Å². The zero-order valence-electron chi connectivity index (χ0n) is 14.3. The Kier molecular flexibility index (Phi) is 6.68. The van der Waals surface area contributed by atoms with Gasteiger partial charge in [0.15, 0.2) is 0 Å². The van der Waals surface area contributed by atoms with Crippen molar-refractivity contribution in [1.82, 2.24) is 5.32 Å². The average molecular weight is 352 g/mol. The van der Waals surface area contributed by atoms with Gasteiger partial charge in [0.25, 0.3) is 5.91 Å². The molecule has 0 saturated carbocycles. The van der Waals surface area contributed by atoms with E-state index in [9.17, 15) is 19.5 Å². The van der Waals surface area contributed by atoms with Crippen molar-refractivity contribution in [3.05, 3.63) is 71.8 Å². The smallest absolute Gasteiger partial charge is 0.326 e. The SMILES string of the molecule is CC(=O)Nc1cccc(C(=O)N[C@H](C/C=C/c2ccccc2)C(=O)O)c1. The highest BCUT2D eigenvalue weighted by Gasteiger charge is 2.19. The molecule has 0 spiro atoms. The maximum atomic E-state index is 12.3. The summed E-state index contributed by atoms with van der Waals surface area (Å²) in [6, 6.07) is 14.7. The molecule has 2 aromatic rings. The summed E-state index contributed by atoms with van der Waals surface area (Å²) in [5.74, 6) is -1.89. The highest BCUT2D eigenvalue weighted by Crippen LogP contribution is 2.11. The molecule has 134 valence electrons. The van der Waals surface area contributed by atoms with E-state index in [0.29, 0.717) is 5.69 Å². The molecule has 0 unspecified atom stereocenters. The zero-order chi connectivity index (χ0) is 18.9. The van der Waals surface area contributed by atoms with Crippen molar-refractivity contribution in [3.63, 3.8) is 0 Å². The average Bonchev–Trinajstić information content (AvgIpc) is 2.61. The molecule has 1 atom stereocenters. The number of carboxylic acids is 1. The van der Waals surface area contributed by atoms with Crippen LogP contribution in [0, 0.1) is 0 Å². The lowest BCUT2D eigenvalue weighted by Gasteiger charge is -2.13. The van der Waals surface area contributed by atoms with E-state index in [1.54, 1.807) is 30.4 Å². The van der Waals surface area contributed by atoms with Crippen molar-refractivity contribution in [3.8, 4) is 0 Å². The van der Waals surface area contributed by atoms with Crippen molar-refractivity contribution in [2.45, 2.75) is 19.4 Å². The molecule has 0 radical (unpaired) electrons. The highest BCUT2D eigenvalue weighted by molar-refractivity contribution is 5.98. The number of amides is 2. The number of carboxylic acid groups (broad SMARTS) is 1. The third kappa shape index (κ3) is 5.90. The van der Waals surface area contributed by atoms with Gasteiger partial charge in [-0.15, -0.1) is 0 Å². The minimum atomic E-state index is -1.12. The molecular formula is C20H20N2O4. The number of anilines is 1. The molecule has 0 bridgehead atoms. The fourth-order valence-electron chi connectivity index (χ4n) is 2.31. The summed E-state index contributed by atoms with van der Waals surface area (Å²) in [7, 11) is 0. The van der Waals surface area contributed by atoms with Crippen LogP contribution in [0.25, 0.3) is 6.08 Å². The van der Waals surface area contributed by atoms with Gasteiger partial charge in [-0.2, -0.15) is 0 Å². The fraction of sp³-hybridized carbons (Fsp3) is 0.150. The first kappa shape index (κ1) is 18.9. The molecule has 3 N–H and O–H groups in total. The molecule has 0 fully saturated rings. The van der Waals surface area contributed by atoms with Crippen molar-refractivity contribution in [2.75, 3.05) is 5.32 Å². The molecule has 0 heterocycles. The van der Waals surface area contributed by atoms with Crippen LogP contribution in [-0.4, -0.2) is 28.9 Å². The van der Waals surface area contributed by atoms with Crippen LogP contribution in [0.5, 0.6) is 0 Å². The van der Waals surface area contributed by atoms with Gasteiger partial charge in [-0.25, -0.2) is 4.79 Å². The Morgan fingerprint density at radius 1 is 1.08 bits per heavy atom. The molecule has 0 aliphatic rings. The fourth-order valence-corrected chi connectivity index (χ4v) is 2.31. The number of aliphatic carboxylic acids is 1. The largest absolute Gasteiger partial charge is 0.480 e. The van der Waals surface area contributed by atoms with E-state index in [1.807, 2.05) is 30.3 Å². The number of hydrogen-bond donors (Lipinski definition) is 3. The molecule has 2 amide bonds. The summed E-state index contributed by atoms with van der Waals surface area (Å²) in [4.78, 5) is 34.8. The van der Waals surface area contributed by atoms with Crippen LogP contribution in [-0.2, 0) is 9.59 Å². The van der Waals surface area contributed by atoms with Gasteiger partial charge in [0.05, 0.1) is 0 Å². The standard InChI is InChI=1S/C20H20N2O4/c1-14(23)21-17-11-6-10-16(13-17)19(24)22-18(20(25)26)12-5-9-15-7-3-2-4-8-15/h2-11,13,18H,12H2,1H3,(H,21,23)(H,22,24)(H,25,26)/b9-5+/t18-/m1/s1. The maximum absolute atomic E-state index is 12.3. The Hall–Kier alpha value is -3.41. The lowest BCUT2D eigenvalue weighted by molar-refractivity contribution is -0.139. The molecule has 6 heteroatoms. The molecule has 0 aliphatic heterocycles. The van der Waals surface area contributed by atoms with Crippen LogP contribution in [0.3, 0.4) is 0 Å². The maximum Gasteiger partial charge on any atom is 0.326 e. The quantitative estimate of drug-likeness (QED) is 0.714. The zero-order valence-corrected chi connectivity index (χ0v) is 14.3. The third-order valence-electron chi connectivity index (χ3n) is 3.53. The summed E-state index contributed by atoms with van der Waals surface area (Å²) in [5, 5.41) is 14.4. The van der Waals surface area contributed by atoms with Crippen LogP contribution in [0.1, 0.15) is 29.3 Å². The number of nitrogens with one attached hydrogen (secondary N) is 2. The number of carbonyl (C=O) groups excluding carboxylic acids is 2. The summed E-state index contributed by atoms with van der Waals surface area (Å²) < 4.78 is 0. The first-order chi connectivity index (χ1) is 12.5. The lowest BCUT2D eigenvalue weighted by atomic mass is 10.1. The number of carbonyl (C=O) groups is 3. The van der Waals surface area contributed by atoms with E-state index < -0.39 is 17.9 Å². The number of benzene rings is 2. The Labute approximate surface area is 151 Å². The van der Waals surface area contributed by atoms with E-state index in [2.05, 4.69) is 10.6 Å². The Morgan fingerprint density at radius 2 is 1.81 bits per heavy atom. The predicted molar refractivity (Wildman–Crippen MR) is 99.7 cm³/mol. The van der Waals surface area contributed by atoms with E-state index in [1.165, 1.54) is 13.0 Å². The lowest BCUT2D eigenvalue weighted by Crippen LogP contribution is -2.40. The molecule has 0 aromatic heterocycles. The van der Waals surface area contributed by atoms with Crippen molar-refractivity contribution < 1.29 is 19.5 Å². The third-order valence-corrected chi connectivity index (χ3v) is 3.53. The summed E-state index contributed by atoms with van der Waals surface area (Å²) in [6.07, 6.45) is 3.67. The second-order valence-corrected chi connectivity index (χ2v) is 5.68. The molecule has 26 heavy (non-hydrogen) atoms. The Bertz CT molecular complexity index is 816. The van der Waals surface area contributed by atoms with E-state index >= 15 is 0 Å². The van der Waals surface area contributed by atoms with E-state index in [4.69, 9.17) is 0 Å². The van der Waals surface area contributed by atoms with Crippen LogP contribution in [0.15, 0.2) is 60.7 Å². The molecule has 2 aromatic carbocycles. The van der Waals surface area contributed by atoms with Gasteiger partial charge >= 0.3 is 5.97 Å². The van der Waals surface area contributed by atoms with Crippen molar-refractivity contribution >= 4 is 29.5 Å². The van der Waals surface area contributed by atoms with Gasteiger partial charge in [-0.1, -0.05) is 48.6 Å². The minimum absolute atomic E-state index is 0.154. The molecular weight excluding hydrogens is 332 g/mol. The van der Waals surface area contributed by atoms with Gasteiger partial charge in [0, 0.05) is 18.2 Å². The van der Waals surface area contributed by atoms with Crippen LogP contribution < -0.4 is 10.6 Å². The van der Waals surface area contributed by atoms with Crippen molar-refractivity contribution in [2.24, 2.45) is 0 Å². The molecule has 6 nitrogen and oxygen atoms in total. The number of rotatable bonds is 7. The summed E-state index contributed by atoms with van der Waals surface area (Å²) in [5.41, 5.74) is 1.70. The molecule has 0 aliphatic carbocycles. The van der Waals surface area contributed by atoms with Crippen LogP contribution >= 0.6 is 0 Å². The van der Waals surface area contributed by atoms with Crippen LogP contribution in [0.4, 0.5) is 5.69 Å². The summed E-state index contributed by atoms with van der Waals surface area (Å²) >= 11 is 0. The monoisotopic (exact) mass is 352 g/mol. The normalized spacial score (nSPS) is 11.7. The summed E-state index contributed by atoms with van der Waals surface area (Å²) in [6.45, 7) is 1.37. The molecule has 0 saturated heterocycles. The van der Waals surface area contributed by atoms with Gasteiger partial charge < -0.3 is 15.7 Å². The predicted octanol–water partition coefficient (Wildman–Crippen LogP) is 2.93. The topological polar surface area (TPSA) is 95.5 Å².